The Labute approximate surface area is 111 Å². The molecule has 0 radical (unpaired) electrons. The Hall–Kier alpha value is -3.23. The van der Waals surface area contributed by atoms with Gasteiger partial charge in [0.25, 0.3) is 11.6 Å². The van der Waals surface area contributed by atoms with Gasteiger partial charge in [0.15, 0.2) is 0 Å². The minimum Gasteiger partial charge on any atom is -0.478 e. The summed E-state index contributed by atoms with van der Waals surface area (Å²) in [7, 11) is 0. The molecule has 1 aromatic heterocycles. The van der Waals surface area contributed by atoms with E-state index in [9.17, 15) is 19.7 Å². The van der Waals surface area contributed by atoms with Gasteiger partial charge in [-0.15, -0.1) is 0 Å². The van der Waals surface area contributed by atoms with Crippen LogP contribution in [0.2, 0.25) is 0 Å². The predicted octanol–water partition coefficient (Wildman–Crippen LogP) is 1.27. The van der Waals surface area contributed by atoms with Crippen molar-refractivity contribution in [3.8, 4) is 0 Å². The summed E-state index contributed by atoms with van der Waals surface area (Å²) >= 11 is 0. The lowest BCUT2D eigenvalue weighted by Gasteiger charge is -2.07. The molecule has 3 N–H and O–H groups in total. The lowest BCUT2D eigenvalue weighted by molar-refractivity contribution is -0.384. The van der Waals surface area contributed by atoms with Gasteiger partial charge in [-0.3, -0.25) is 20.0 Å². The van der Waals surface area contributed by atoms with Gasteiger partial charge in [-0.2, -0.15) is 5.10 Å². The Kier molecular flexibility index (Phi) is 3.42. The molecule has 0 fully saturated rings. The van der Waals surface area contributed by atoms with Crippen molar-refractivity contribution in [3.63, 3.8) is 0 Å². The molecule has 0 aliphatic rings. The molecule has 1 aromatic carbocycles. The highest BCUT2D eigenvalue weighted by Gasteiger charge is 2.18. The third-order valence-corrected chi connectivity index (χ3v) is 2.44. The van der Waals surface area contributed by atoms with Gasteiger partial charge < -0.3 is 10.4 Å². The molecule has 2 aromatic rings. The number of benzene rings is 1. The summed E-state index contributed by atoms with van der Waals surface area (Å²) in [4.78, 5) is 32.7. The van der Waals surface area contributed by atoms with Crippen molar-refractivity contribution in [2.24, 2.45) is 0 Å². The van der Waals surface area contributed by atoms with Crippen LogP contribution in [0.1, 0.15) is 20.8 Å². The molecule has 0 saturated carbocycles. The molecular weight excluding hydrogens is 268 g/mol. The molecule has 102 valence electrons. The van der Waals surface area contributed by atoms with Gasteiger partial charge >= 0.3 is 5.97 Å². The number of aromatic amines is 1. The zero-order chi connectivity index (χ0) is 14.7. The summed E-state index contributed by atoms with van der Waals surface area (Å²) in [5, 5.41) is 28.0. The molecule has 0 aliphatic heterocycles. The van der Waals surface area contributed by atoms with E-state index in [2.05, 4.69) is 15.5 Å². The second-order valence-electron chi connectivity index (χ2n) is 3.72. The first kappa shape index (κ1) is 13.2. The van der Waals surface area contributed by atoms with Gasteiger partial charge in [0.05, 0.1) is 16.2 Å². The molecule has 0 saturated heterocycles. The van der Waals surface area contributed by atoms with Gasteiger partial charge in [0.1, 0.15) is 5.69 Å². The topological polar surface area (TPSA) is 138 Å². The Morgan fingerprint density at radius 1 is 1.35 bits per heavy atom. The number of aromatic nitrogens is 2. The quantitative estimate of drug-likeness (QED) is 0.567. The molecule has 9 heteroatoms. The van der Waals surface area contributed by atoms with Crippen molar-refractivity contribution in [2.45, 2.75) is 0 Å². The largest absolute Gasteiger partial charge is 0.478 e. The van der Waals surface area contributed by atoms with Gasteiger partial charge in [0, 0.05) is 18.3 Å². The highest BCUT2D eigenvalue weighted by atomic mass is 16.6. The number of hydrogen-bond acceptors (Lipinski definition) is 5. The third-order valence-electron chi connectivity index (χ3n) is 2.44. The fraction of sp³-hybridized carbons (Fsp3) is 0. The van der Waals surface area contributed by atoms with Crippen LogP contribution in [0.5, 0.6) is 0 Å². The van der Waals surface area contributed by atoms with E-state index in [0.29, 0.717) is 0 Å². The predicted molar refractivity (Wildman–Crippen MR) is 66.6 cm³/mol. The average molecular weight is 276 g/mol. The number of carbonyl (C=O) groups excluding carboxylic acids is 1. The van der Waals surface area contributed by atoms with Crippen LogP contribution in [0.25, 0.3) is 0 Å². The first-order valence-electron chi connectivity index (χ1n) is 5.31. The van der Waals surface area contributed by atoms with E-state index in [1.54, 1.807) is 0 Å². The number of nitrogens with zero attached hydrogens (tertiary/aromatic N) is 2. The number of carboxylic acid groups (broad SMARTS) is 1. The maximum Gasteiger partial charge on any atom is 0.338 e. The van der Waals surface area contributed by atoms with Gasteiger partial charge in [0.2, 0.25) is 0 Å². The van der Waals surface area contributed by atoms with Crippen LogP contribution in [-0.2, 0) is 0 Å². The molecule has 1 heterocycles. The van der Waals surface area contributed by atoms with E-state index in [-0.39, 0.29) is 22.6 Å². The van der Waals surface area contributed by atoms with Crippen LogP contribution >= 0.6 is 0 Å². The zero-order valence-corrected chi connectivity index (χ0v) is 9.86. The third kappa shape index (κ3) is 2.61. The standard InChI is InChI=1S/C11H8N4O5/c16-10(9-3-4-12-14-9)13-8-2-1-6(15(19)20)5-7(8)11(17)18/h1-5H,(H,12,14)(H,13,16)(H,17,18). The molecule has 0 unspecified atom stereocenters. The number of hydrogen-bond donors (Lipinski definition) is 3. The number of anilines is 1. The highest BCUT2D eigenvalue weighted by molar-refractivity contribution is 6.06. The van der Waals surface area contributed by atoms with Gasteiger partial charge in [-0.05, 0) is 12.1 Å². The number of nitro benzene ring substituents is 1. The normalized spacial score (nSPS) is 10.0. The van der Waals surface area contributed by atoms with E-state index in [1.807, 2.05) is 0 Å². The number of aromatic carboxylic acids is 1. The number of carboxylic acids is 1. The number of nitro groups is 1. The number of non-ortho nitro benzene ring substituents is 1. The number of rotatable bonds is 4. The number of carbonyl (C=O) groups is 2. The highest BCUT2D eigenvalue weighted by Crippen LogP contribution is 2.22. The molecular formula is C11H8N4O5. The Morgan fingerprint density at radius 2 is 2.10 bits per heavy atom. The number of nitrogens with one attached hydrogen (secondary N) is 2. The number of amides is 1. The Bertz CT molecular complexity index is 680. The first-order valence-corrected chi connectivity index (χ1v) is 5.31. The van der Waals surface area contributed by atoms with Crippen molar-refractivity contribution in [2.75, 3.05) is 5.32 Å². The van der Waals surface area contributed by atoms with Crippen molar-refractivity contribution in [3.05, 3.63) is 51.8 Å². The second-order valence-corrected chi connectivity index (χ2v) is 3.72. The average Bonchev–Trinajstić information content (AvgIpc) is 2.92. The minimum atomic E-state index is -1.38. The second kappa shape index (κ2) is 5.18. The van der Waals surface area contributed by atoms with Crippen LogP contribution in [0.3, 0.4) is 0 Å². The monoisotopic (exact) mass is 276 g/mol. The van der Waals surface area contributed by atoms with Crippen LogP contribution in [0, 0.1) is 10.1 Å². The van der Waals surface area contributed by atoms with E-state index in [4.69, 9.17) is 5.11 Å². The smallest absolute Gasteiger partial charge is 0.338 e. The van der Waals surface area contributed by atoms with Crippen LogP contribution in [-0.4, -0.2) is 32.1 Å². The Morgan fingerprint density at radius 3 is 2.65 bits per heavy atom. The lowest BCUT2D eigenvalue weighted by Crippen LogP contribution is -2.15. The van der Waals surface area contributed by atoms with Crippen LogP contribution in [0.15, 0.2) is 30.5 Å². The van der Waals surface area contributed by atoms with E-state index < -0.39 is 16.8 Å². The van der Waals surface area contributed by atoms with Crippen molar-refractivity contribution < 1.29 is 19.6 Å². The molecule has 9 nitrogen and oxygen atoms in total. The lowest BCUT2D eigenvalue weighted by atomic mass is 10.1. The maximum atomic E-state index is 11.8. The van der Waals surface area contributed by atoms with Crippen molar-refractivity contribution in [1.29, 1.82) is 0 Å². The molecule has 1 amide bonds. The summed E-state index contributed by atoms with van der Waals surface area (Å²) in [6, 6.07) is 4.55. The van der Waals surface area contributed by atoms with E-state index in [0.717, 1.165) is 18.2 Å². The zero-order valence-electron chi connectivity index (χ0n) is 9.86. The molecule has 0 spiro atoms. The molecule has 0 aliphatic carbocycles. The summed E-state index contributed by atoms with van der Waals surface area (Å²) in [5.74, 6) is -1.98. The first-order chi connectivity index (χ1) is 9.49. The van der Waals surface area contributed by atoms with Crippen molar-refractivity contribution >= 4 is 23.3 Å². The van der Waals surface area contributed by atoms with E-state index >= 15 is 0 Å². The van der Waals surface area contributed by atoms with Gasteiger partial charge in [-0.1, -0.05) is 0 Å². The summed E-state index contributed by atoms with van der Waals surface area (Å²) < 4.78 is 0. The van der Waals surface area contributed by atoms with Crippen LogP contribution < -0.4 is 5.32 Å². The summed E-state index contributed by atoms with van der Waals surface area (Å²) in [5.41, 5.74) is -0.642. The van der Waals surface area contributed by atoms with Crippen LogP contribution in [0.4, 0.5) is 11.4 Å². The Balaban J connectivity index is 2.34. The fourth-order valence-corrected chi connectivity index (χ4v) is 1.50. The minimum absolute atomic E-state index is 0.0392. The van der Waals surface area contributed by atoms with E-state index in [1.165, 1.54) is 12.3 Å². The summed E-state index contributed by atoms with van der Waals surface area (Å²) in [6.45, 7) is 0. The maximum absolute atomic E-state index is 11.8. The summed E-state index contributed by atoms with van der Waals surface area (Å²) in [6.07, 6.45) is 1.36. The SMILES string of the molecule is O=C(Nc1ccc([N+](=O)[O-])cc1C(=O)O)c1ccn[nH]1. The van der Waals surface area contributed by atoms with Gasteiger partial charge in [-0.25, -0.2) is 4.79 Å². The molecule has 0 atom stereocenters. The fourth-order valence-electron chi connectivity index (χ4n) is 1.50. The molecule has 0 bridgehead atoms. The number of H-pyrrole nitrogens is 1. The van der Waals surface area contributed by atoms with Crippen molar-refractivity contribution in [1.82, 2.24) is 10.2 Å². The molecule has 20 heavy (non-hydrogen) atoms. The molecule has 2 rings (SSSR count).